The average molecular weight is 431 g/mol. The Hall–Kier alpha value is -1.14. The van der Waals surface area contributed by atoms with Crippen molar-refractivity contribution in [2.45, 2.75) is 123 Å². The zero-order chi connectivity index (χ0) is 22.5. The van der Waals surface area contributed by atoms with E-state index in [-0.39, 0.29) is 18.2 Å². The Morgan fingerprint density at radius 3 is 1.90 bits per heavy atom. The van der Waals surface area contributed by atoms with E-state index in [2.05, 4.69) is 13.8 Å². The van der Waals surface area contributed by atoms with Gasteiger partial charge in [-0.2, -0.15) is 0 Å². The third-order valence-corrected chi connectivity index (χ3v) is 4.99. The van der Waals surface area contributed by atoms with Gasteiger partial charge in [-0.3, -0.25) is 9.59 Å². The van der Waals surface area contributed by atoms with Gasteiger partial charge in [-0.25, -0.2) is 0 Å². The first-order chi connectivity index (χ1) is 14.5. The molecule has 1 fully saturated rings. The monoisotopic (exact) mass is 430 g/mol. The number of ether oxygens (including phenoxy) is 3. The van der Waals surface area contributed by atoms with Gasteiger partial charge in [0.05, 0.1) is 19.3 Å². The highest BCUT2D eigenvalue weighted by Gasteiger charge is 2.21. The van der Waals surface area contributed by atoms with Gasteiger partial charge in [-0.1, -0.05) is 78.1 Å². The summed E-state index contributed by atoms with van der Waals surface area (Å²) in [4.78, 5) is 21.6. The molecule has 0 aromatic rings. The number of carboxylic acids is 1. The predicted octanol–water partition coefficient (Wildman–Crippen LogP) is 5.91. The van der Waals surface area contributed by atoms with Crippen molar-refractivity contribution in [1.29, 1.82) is 0 Å². The van der Waals surface area contributed by atoms with Gasteiger partial charge in [0.2, 0.25) is 0 Å². The minimum atomic E-state index is -0.663. The van der Waals surface area contributed by atoms with E-state index in [4.69, 9.17) is 19.3 Å². The largest absolute Gasteiger partial charge is 0.481 e. The highest BCUT2D eigenvalue weighted by Crippen LogP contribution is 2.10. The lowest BCUT2D eigenvalue weighted by molar-refractivity contribution is -0.167. The van der Waals surface area contributed by atoms with Crippen molar-refractivity contribution >= 4 is 11.9 Å². The first kappa shape index (κ1) is 28.9. The summed E-state index contributed by atoms with van der Waals surface area (Å²) in [7, 11) is 0. The van der Waals surface area contributed by atoms with Crippen LogP contribution < -0.4 is 0 Å². The van der Waals surface area contributed by atoms with Gasteiger partial charge in [0.1, 0.15) is 12.7 Å². The first-order valence-corrected chi connectivity index (χ1v) is 12.1. The Balaban J connectivity index is 0.000000612. The second-order valence-electron chi connectivity index (χ2n) is 8.22. The third kappa shape index (κ3) is 20.1. The number of unbranched alkanes of at least 4 members (excludes halogenated alkanes) is 10. The van der Waals surface area contributed by atoms with Gasteiger partial charge >= 0.3 is 11.9 Å². The summed E-state index contributed by atoms with van der Waals surface area (Å²) in [5, 5.41) is 8.35. The van der Waals surface area contributed by atoms with E-state index in [9.17, 15) is 9.59 Å². The molecule has 0 aromatic heterocycles. The molecule has 0 aromatic carbocycles. The zero-order valence-electron chi connectivity index (χ0n) is 19.7. The molecule has 2 unspecified atom stereocenters. The molecule has 1 saturated heterocycles. The maximum Gasteiger partial charge on any atom is 0.305 e. The maximum absolute atomic E-state index is 11.5. The highest BCUT2D eigenvalue weighted by molar-refractivity contribution is 5.69. The number of carboxylic acid groups (broad SMARTS) is 1. The highest BCUT2D eigenvalue weighted by atomic mass is 16.6. The average Bonchev–Trinajstić information content (AvgIpc) is 2.72. The van der Waals surface area contributed by atoms with Crippen molar-refractivity contribution in [3.63, 3.8) is 0 Å². The summed E-state index contributed by atoms with van der Waals surface area (Å²) in [5.74, 6) is -0.781. The number of carbonyl (C=O) groups excluding carboxylic acids is 1. The molecule has 1 heterocycles. The van der Waals surface area contributed by atoms with Crippen LogP contribution in [0.15, 0.2) is 0 Å². The predicted molar refractivity (Wildman–Crippen MR) is 120 cm³/mol. The SMILES string of the molecule is CCCCCCCC(=O)OCC1COCC(C)O1.CCCCCCCCCC(=O)O. The lowest BCUT2D eigenvalue weighted by atomic mass is 10.1. The number of hydrogen-bond acceptors (Lipinski definition) is 5. The molecule has 6 heteroatoms. The van der Waals surface area contributed by atoms with Gasteiger partial charge in [-0.05, 0) is 19.8 Å². The van der Waals surface area contributed by atoms with Crippen LogP contribution in [0.2, 0.25) is 0 Å². The van der Waals surface area contributed by atoms with Gasteiger partial charge < -0.3 is 19.3 Å². The molecule has 0 aliphatic carbocycles. The Morgan fingerprint density at radius 1 is 0.833 bits per heavy atom. The van der Waals surface area contributed by atoms with Crippen LogP contribution in [0, 0.1) is 0 Å². The van der Waals surface area contributed by atoms with Crippen molar-refractivity contribution in [1.82, 2.24) is 0 Å². The molecule has 1 N–H and O–H groups in total. The van der Waals surface area contributed by atoms with Crippen LogP contribution in [-0.4, -0.2) is 49.1 Å². The summed E-state index contributed by atoms with van der Waals surface area (Å²) in [6.07, 6.45) is 14.9. The molecule has 0 amide bonds. The minimum Gasteiger partial charge on any atom is -0.481 e. The van der Waals surface area contributed by atoms with Crippen molar-refractivity contribution in [2.24, 2.45) is 0 Å². The fourth-order valence-electron chi connectivity index (χ4n) is 3.22. The van der Waals surface area contributed by atoms with Crippen LogP contribution in [0.4, 0.5) is 0 Å². The lowest BCUT2D eigenvalue weighted by Crippen LogP contribution is -2.37. The van der Waals surface area contributed by atoms with Crippen LogP contribution >= 0.6 is 0 Å². The van der Waals surface area contributed by atoms with Crippen molar-refractivity contribution < 1.29 is 28.9 Å². The van der Waals surface area contributed by atoms with E-state index in [1.54, 1.807) is 0 Å². The van der Waals surface area contributed by atoms with E-state index in [1.165, 1.54) is 51.4 Å². The maximum atomic E-state index is 11.5. The molecule has 1 rings (SSSR count). The molecule has 0 saturated carbocycles. The second-order valence-corrected chi connectivity index (χ2v) is 8.22. The topological polar surface area (TPSA) is 82.1 Å². The third-order valence-electron chi connectivity index (χ3n) is 4.99. The Morgan fingerprint density at radius 2 is 1.37 bits per heavy atom. The lowest BCUT2D eigenvalue weighted by Gasteiger charge is -2.27. The van der Waals surface area contributed by atoms with Gasteiger partial charge in [0, 0.05) is 12.8 Å². The van der Waals surface area contributed by atoms with Crippen LogP contribution in [0.25, 0.3) is 0 Å². The molecule has 178 valence electrons. The minimum absolute atomic E-state index is 0.0940. The summed E-state index contributed by atoms with van der Waals surface area (Å²) in [6, 6.07) is 0. The smallest absolute Gasteiger partial charge is 0.305 e. The zero-order valence-corrected chi connectivity index (χ0v) is 19.7. The molecular formula is C24H46O6. The summed E-state index contributed by atoms with van der Waals surface area (Å²) in [5.41, 5.74) is 0. The molecule has 6 nitrogen and oxygen atoms in total. The van der Waals surface area contributed by atoms with E-state index in [0.717, 1.165) is 25.7 Å². The molecule has 0 radical (unpaired) electrons. The first-order valence-electron chi connectivity index (χ1n) is 12.1. The summed E-state index contributed by atoms with van der Waals surface area (Å²) < 4.78 is 16.1. The molecule has 0 bridgehead atoms. The molecular weight excluding hydrogens is 384 g/mol. The van der Waals surface area contributed by atoms with E-state index in [1.807, 2.05) is 6.92 Å². The number of hydrogen-bond donors (Lipinski definition) is 1. The fraction of sp³-hybridized carbons (Fsp3) is 0.917. The van der Waals surface area contributed by atoms with Crippen LogP contribution in [0.3, 0.4) is 0 Å². The Kier molecular flexibility index (Phi) is 20.3. The number of aliphatic carboxylic acids is 1. The van der Waals surface area contributed by atoms with E-state index >= 15 is 0 Å². The van der Waals surface area contributed by atoms with Crippen LogP contribution in [0.1, 0.15) is 111 Å². The molecule has 1 aliphatic rings. The number of esters is 1. The number of carbonyl (C=O) groups is 2. The van der Waals surface area contributed by atoms with Crippen molar-refractivity contribution in [3.8, 4) is 0 Å². The Labute approximate surface area is 184 Å². The summed E-state index contributed by atoms with van der Waals surface area (Å²) >= 11 is 0. The molecule has 2 atom stereocenters. The quantitative estimate of drug-likeness (QED) is 0.242. The Bertz CT molecular complexity index is 413. The molecule has 0 spiro atoms. The van der Waals surface area contributed by atoms with E-state index in [0.29, 0.717) is 32.7 Å². The van der Waals surface area contributed by atoms with Crippen LogP contribution in [0.5, 0.6) is 0 Å². The van der Waals surface area contributed by atoms with Gasteiger partial charge in [0.25, 0.3) is 0 Å². The normalized spacial score (nSPS) is 18.4. The standard InChI is InChI=1S/C14H26O4.C10H20O2/c1-3-4-5-6-7-8-14(15)17-11-13-10-16-9-12(2)18-13;1-2-3-4-5-6-7-8-9-10(11)12/h12-13H,3-11H2,1-2H3;2-9H2,1H3,(H,11,12). The fourth-order valence-corrected chi connectivity index (χ4v) is 3.22. The van der Waals surface area contributed by atoms with Gasteiger partial charge in [0.15, 0.2) is 0 Å². The van der Waals surface area contributed by atoms with Gasteiger partial charge in [-0.15, -0.1) is 0 Å². The van der Waals surface area contributed by atoms with Crippen molar-refractivity contribution in [3.05, 3.63) is 0 Å². The van der Waals surface area contributed by atoms with Crippen LogP contribution in [-0.2, 0) is 23.8 Å². The van der Waals surface area contributed by atoms with Crippen molar-refractivity contribution in [2.75, 3.05) is 19.8 Å². The second kappa shape index (κ2) is 21.1. The molecule has 30 heavy (non-hydrogen) atoms. The van der Waals surface area contributed by atoms with E-state index < -0.39 is 5.97 Å². The number of rotatable bonds is 16. The molecule has 1 aliphatic heterocycles. The summed E-state index contributed by atoms with van der Waals surface area (Å²) in [6.45, 7) is 7.81.